The molecule has 0 rings (SSSR count). The summed E-state index contributed by atoms with van der Waals surface area (Å²) in [6.07, 6.45) is 5.10. The lowest BCUT2D eigenvalue weighted by atomic mass is 10.0. The van der Waals surface area contributed by atoms with Crippen LogP contribution < -0.4 is 0 Å². The van der Waals surface area contributed by atoms with Crippen molar-refractivity contribution in [3.8, 4) is 0 Å². The van der Waals surface area contributed by atoms with Gasteiger partial charge >= 0.3 is 0 Å². The largest absolute Gasteiger partial charge is 0.381 e. The number of hydrogen-bond acceptors (Lipinski definition) is 2. The monoisotopic (exact) mass is 228 g/mol. The molecule has 0 radical (unpaired) electrons. The Hall–Kier alpha value is -0.370. The zero-order valence-electron chi connectivity index (χ0n) is 11.4. The molecule has 0 aliphatic heterocycles. The van der Waals surface area contributed by atoms with E-state index >= 15 is 0 Å². The molecule has 0 saturated heterocycles. The van der Waals surface area contributed by atoms with Crippen molar-refractivity contribution >= 4 is 5.78 Å². The van der Waals surface area contributed by atoms with E-state index in [1.54, 1.807) is 0 Å². The van der Waals surface area contributed by atoms with E-state index < -0.39 is 0 Å². The standard InChI is InChI=1S/C14H28O2/c1-12(2)8-7-11-16-10-6-5-9-14(15)13(3)4/h12-13H,5-11H2,1-4H3. The van der Waals surface area contributed by atoms with E-state index in [2.05, 4.69) is 13.8 Å². The molecule has 0 fully saturated rings. The zero-order valence-corrected chi connectivity index (χ0v) is 11.4. The van der Waals surface area contributed by atoms with Crippen LogP contribution in [0.5, 0.6) is 0 Å². The number of hydrogen-bond donors (Lipinski definition) is 0. The van der Waals surface area contributed by atoms with Crippen LogP contribution in [0.25, 0.3) is 0 Å². The molecule has 0 aliphatic carbocycles. The molecule has 16 heavy (non-hydrogen) atoms. The quantitative estimate of drug-likeness (QED) is 0.531. The van der Waals surface area contributed by atoms with E-state index in [9.17, 15) is 4.79 Å². The minimum atomic E-state index is 0.187. The van der Waals surface area contributed by atoms with Gasteiger partial charge < -0.3 is 4.74 Å². The maximum Gasteiger partial charge on any atom is 0.135 e. The fourth-order valence-corrected chi connectivity index (χ4v) is 1.49. The Morgan fingerprint density at radius 3 is 2.19 bits per heavy atom. The van der Waals surface area contributed by atoms with Crippen molar-refractivity contribution in [2.24, 2.45) is 11.8 Å². The molecule has 0 aromatic rings. The lowest BCUT2D eigenvalue weighted by Gasteiger charge is -2.06. The van der Waals surface area contributed by atoms with Crippen LogP contribution in [0, 0.1) is 11.8 Å². The molecule has 96 valence electrons. The highest BCUT2D eigenvalue weighted by Crippen LogP contribution is 2.06. The molecule has 0 N–H and O–H groups in total. The summed E-state index contributed by atoms with van der Waals surface area (Å²) in [7, 11) is 0. The van der Waals surface area contributed by atoms with E-state index in [-0.39, 0.29) is 5.92 Å². The molecule has 0 amide bonds. The van der Waals surface area contributed by atoms with Gasteiger partial charge in [-0.3, -0.25) is 4.79 Å². The summed E-state index contributed by atoms with van der Waals surface area (Å²) < 4.78 is 5.52. The number of unbranched alkanes of at least 4 members (excludes halogenated alkanes) is 1. The molecule has 0 saturated carbocycles. The normalized spacial score (nSPS) is 11.4. The first-order valence-electron chi connectivity index (χ1n) is 6.64. The van der Waals surface area contributed by atoms with E-state index in [0.29, 0.717) is 12.2 Å². The first-order valence-corrected chi connectivity index (χ1v) is 6.64. The van der Waals surface area contributed by atoms with Crippen LogP contribution >= 0.6 is 0 Å². The lowest BCUT2D eigenvalue weighted by molar-refractivity contribution is -0.122. The Labute approximate surface area is 101 Å². The third kappa shape index (κ3) is 10.2. The van der Waals surface area contributed by atoms with Crippen LogP contribution in [0.2, 0.25) is 0 Å². The molecule has 0 bridgehead atoms. The van der Waals surface area contributed by atoms with Crippen molar-refractivity contribution in [3.63, 3.8) is 0 Å². The van der Waals surface area contributed by atoms with Crippen LogP contribution in [-0.2, 0) is 9.53 Å². The number of ether oxygens (including phenoxy) is 1. The van der Waals surface area contributed by atoms with Gasteiger partial charge in [0.05, 0.1) is 0 Å². The summed E-state index contributed by atoms with van der Waals surface area (Å²) in [5.74, 6) is 1.33. The molecule has 0 heterocycles. The summed E-state index contributed by atoms with van der Waals surface area (Å²) in [6, 6.07) is 0. The molecule has 0 atom stereocenters. The zero-order chi connectivity index (χ0) is 12.4. The van der Waals surface area contributed by atoms with E-state index in [1.165, 1.54) is 6.42 Å². The average molecular weight is 228 g/mol. The fourth-order valence-electron chi connectivity index (χ4n) is 1.49. The van der Waals surface area contributed by atoms with Crippen molar-refractivity contribution in [2.45, 2.75) is 59.8 Å². The van der Waals surface area contributed by atoms with Crippen LogP contribution in [0.1, 0.15) is 59.8 Å². The smallest absolute Gasteiger partial charge is 0.135 e. The lowest BCUT2D eigenvalue weighted by Crippen LogP contribution is -2.07. The Morgan fingerprint density at radius 1 is 1.00 bits per heavy atom. The molecule has 0 aromatic carbocycles. The Morgan fingerprint density at radius 2 is 1.62 bits per heavy atom. The van der Waals surface area contributed by atoms with Crippen molar-refractivity contribution in [2.75, 3.05) is 13.2 Å². The summed E-state index contributed by atoms with van der Waals surface area (Å²) in [5.41, 5.74) is 0. The summed E-state index contributed by atoms with van der Waals surface area (Å²) in [6.45, 7) is 10.1. The van der Waals surface area contributed by atoms with E-state index in [0.717, 1.165) is 38.4 Å². The van der Waals surface area contributed by atoms with Crippen LogP contribution in [0.4, 0.5) is 0 Å². The molecular formula is C14H28O2. The molecule has 0 unspecified atom stereocenters. The van der Waals surface area contributed by atoms with Gasteiger partial charge in [-0.25, -0.2) is 0 Å². The Kier molecular flexibility index (Phi) is 9.60. The molecular weight excluding hydrogens is 200 g/mol. The molecule has 0 spiro atoms. The van der Waals surface area contributed by atoms with Crippen LogP contribution in [0.15, 0.2) is 0 Å². The molecule has 2 nitrogen and oxygen atoms in total. The number of carbonyl (C=O) groups excluding carboxylic acids is 1. The Balaban J connectivity index is 3.13. The second kappa shape index (κ2) is 9.83. The van der Waals surface area contributed by atoms with E-state index in [4.69, 9.17) is 4.74 Å². The van der Waals surface area contributed by atoms with Gasteiger partial charge in [0.2, 0.25) is 0 Å². The first-order chi connectivity index (χ1) is 7.54. The highest BCUT2D eigenvalue weighted by Gasteiger charge is 2.05. The SMILES string of the molecule is CC(C)CCCOCCCCC(=O)C(C)C. The number of carbonyl (C=O) groups is 1. The van der Waals surface area contributed by atoms with Crippen molar-refractivity contribution in [1.82, 2.24) is 0 Å². The maximum absolute atomic E-state index is 11.3. The van der Waals surface area contributed by atoms with Crippen LogP contribution in [-0.4, -0.2) is 19.0 Å². The molecule has 2 heteroatoms. The minimum Gasteiger partial charge on any atom is -0.381 e. The predicted octanol–water partition coefficient (Wildman–Crippen LogP) is 3.83. The van der Waals surface area contributed by atoms with Crippen LogP contribution in [0.3, 0.4) is 0 Å². The van der Waals surface area contributed by atoms with Gasteiger partial charge in [0.1, 0.15) is 5.78 Å². The number of Topliss-reactive ketones (excluding diaryl/α,β-unsaturated/α-hetero) is 1. The second-order valence-electron chi connectivity index (χ2n) is 5.23. The van der Waals surface area contributed by atoms with Gasteiger partial charge in [0.15, 0.2) is 0 Å². The van der Waals surface area contributed by atoms with Crippen molar-refractivity contribution in [1.29, 1.82) is 0 Å². The highest BCUT2D eigenvalue weighted by molar-refractivity contribution is 5.80. The molecule has 0 aromatic heterocycles. The van der Waals surface area contributed by atoms with Gasteiger partial charge in [0, 0.05) is 25.6 Å². The number of rotatable bonds is 10. The van der Waals surface area contributed by atoms with Gasteiger partial charge in [-0.15, -0.1) is 0 Å². The summed E-state index contributed by atoms with van der Waals surface area (Å²) >= 11 is 0. The topological polar surface area (TPSA) is 26.3 Å². The average Bonchev–Trinajstić information content (AvgIpc) is 2.21. The highest BCUT2D eigenvalue weighted by atomic mass is 16.5. The fraction of sp³-hybridized carbons (Fsp3) is 0.929. The van der Waals surface area contributed by atoms with Gasteiger partial charge in [-0.2, -0.15) is 0 Å². The van der Waals surface area contributed by atoms with Gasteiger partial charge in [0.25, 0.3) is 0 Å². The first kappa shape index (κ1) is 15.6. The van der Waals surface area contributed by atoms with Crippen molar-refractivity contribution in [3.05, 3.63) is 0 Å². The Bertz CT molecular complexity index is 174. The summed E-state index contributed by atoms with van der Waals surface area (Å²) in [4.78, 5) is 11.3. The molecule has 0 aliphatic rings. The summed E-state index contributed by atoms with van der Waals surface area (Å²) in [5, 5.41) is 0. The van der Waals surface area contributed by atoms with Crippen molar-refractivity contribution < 1.29 is 9.53 Å². The van der Waals surface area contributed by atoms with E-state index in [1.807, 2.05) is 13.8 Å². The van der Waals surface area contributed by atoms with Gasteiger partial charge in [-0.1, -0.05) is 27.7 Å². The predicted molar refractivity (Wildman–Crippen MR) is 68.6 cm³/mol. The number of ketones is 1. The second-order valence-corrected chi connectivity index (χ2v) is 5.23. The third-order valence-electron chi connectivity index (χ3n) is 2.68. The minimum absolute atomic E-state index is 0.187. The maximum atomic E-state index is 11.3. The third-order valence-corrected chi connectivity index (χ3v) is 2.68. The van der Waals surface area contributed by atoms with Gasteiger partial charge in [-0.05, 0) is 31.6 Å².